The molecule has 1 aromatic rings. The summed E-state index contributed by atoms with van der Waals surface area (Å²) in [6.45, 7) is 6.52. The van der Waals surface area contributed by atoms with Crippen LogP contribution < -0.4 is 4.74 Å². The molecule has 0 bridgehead atoms. The maximum Gasteiger partial charge on any atom is 0.153 e. The van der Waals surface area contributed by atoms with Gasteiger partial charge in [0, 0.05) is 12.1 Å². The van der Waals surface area contributed by atoms with Crippen LogP contribution in [0.2, 0.25) is 0 Å². The van der Waals surface area contributed by atoms with Crippen molar-refractivity contribution in [3.63, 3.8) is 0 Å². The number of para-hydroxylation sites is 1. The Labute approximate surface area is 128 Å². The molecule has 2 atom stereocenters. The van der Waals surface area contributed by atoms with Crippen molar-refractivity contribution in [2.45, 2.75) is 58.0 Å². The average Bonchev–Trinajstić information content (AvgIpc) is 2.50. The molecule has 0 amide bonds. The minimum Gasteiger partial charge on any atom is -0.493 e. The molecule has 0 spiro atoms. The lowest BCUT2D eigenvalue weighted by Gasteiger charge is -2.39. The zero-order valence-electron chi connectivity index (χ0n) is 13.3. The molecule has 0 aliphatic carbocycles. The average molecular weight is 289 g/mol. The van der Waals surface area contributed by atoms with Gasteiger partial charge in [0.15, 0.2) is 6.29 Å². The van der Waals surface area contributed by atoms with E-state index in [1.165, 1.54) is 19.3 Å². The summed E-state index contributed by atoms with van der Waals surface area (Å²) in [6.07, 6.45) is 7.05. The van der Waals surface area contributed by atoms with Crippen LogP contribution in [0.25, 0.3) is 0 Å². The molecule has 0 radical (unpaired) electrons. The SMILES string of the molecule is C[C@@H]1CCC[C@H](C)N1CCCCOc1ccccc1C=O. The van der Waals surface area contributed by atoms with Crippen molar-refractivity contribution >= 4 is 6.29 Å². The van der Waals surface area contributed by atoms with Crippen molar-refractivity contribution in [3.8, 4) is 5.75 Å². The molecule has 1 fully saturated rings. The highest BCUT2D eigenvalue weighted by atomic mass is 16.5. The summed E-state index contributed by atoms with van der Waals surface area (Å²) in [7, 11) is 0. The second-order valence-electron chi connectivity index (χ2n) is 6.08. The van der Waals surface area contributed by atoms with Crippen LogP contribution in [0.3, 0.4) is 0 Å². The van der Waals surface area contributed by atoms with E-state index in [9.17, 15) is 4.79 Å². The number of hydrogen-bond acceptors (Lipinski definition) is 3. The quantitative estimate of drug-likeness (QED) is 0.563. The van der Waals surface area contributed by atoms with Crippen molar-refractivity contribution in [3.05, 3.63) is 29.8 Å². The highest BCUT2D eigenvalue weighted by molar-refractivity contribution is 5.79. The molecule has 116 valence electrons. The van der Waals surface area contributed by atoms with E-state index in [-0.39, 0.29) is 0 Å². The van der Waals surface area contributed by atoms with Gasteiger partial charge in [-0.15, -0.1) is 0 Å². The van der Waals surface area contributed by atoms with E-state index in [4.69, 9.17) is 4.74 Å². The number of rotatable bonds is 7. The standard InChI is InChI=1S/C18H27NO2/c1-15-8-7-9-16(2)19(15)12-5-6-13-21-18-11-4-3-10-17(18)14-20/h3-4,10-11,14-16H,5-9,12-13H2,1-2H3/t15-,16+. The fourth-order valence-electron chi connectivity index (χ4n) is 3.20. The summed E-state index contributed by atoms with van der Waals surface area (Å²) in [5.41, 5.74) is 0.635. The number of piperidine rings is 1. The third-order valence-corrected chi connectivity index (χ3v) is 4.49. The lowest BCUT2D eigenvalue weighted by molar-refractivity contribution is 0.0995. The molecule has 1 aliphatic heterocycles. The molecule has 1 aliphatic rings. The Morgan fingerprint density at radius 1 is 1.19 bits per heavy atom. The van der Waals surface area contributed by atoms with Gasteiger partial charge in [-0.3, -0.25) is 9.69 Å². The molecule has 21 heavy (non-hydrogen) atoms. The molecule has 1 aromatic carbocycles. The number of aldehydes is 1. The minimum absolute atomic E-state index is 0.635. The smallest absolute Gasteiger partial charge is 0.153 e. The highest BCUT2D eigenvalue weighted by Gasteiger charge is 2.23. The number of nitrogens with zero attached hydrogens (tertiary/aromatic N) is 1. The molecule has 1 saturated heterocycles. The zero-order chi connectivity index (χ0) is 15.1. The first-order valence-corrected chi connectivity index (χ1v) is 8.15. The number of hydrogen-bond donors (Lipinski definition) is 0. The predicted molar refractivity (Wildman–Crippen MR) is 86.0 cm³/mol. The van der Waals surface area contributed by atoms with Crippen molar-refractivity contribution in [1.29, 1.82) is 0 Å². The van der Waals surface area contributed by atoms with E-state index in [2.05, 4.69) is 18.7 Å². The van der Waals surface area contributed by atoms with Gasteiger partial charge in [-0.25, -0.2) is 0 Å². The largest absolute Gasteiger partial charge is 0.493 e. The van der Waals surface area contributed by atoms with Crippen molar-refractivity contribution in [2.75, 3.05) is 13.2 Å². The summed E-state index contributed by atoms with van der Waals surface area (Å²) in [4.78, 5) is 13.5. The van der Waals surface area contributed by atoms with Crippen molar-refractivity contribution < 1.29 is 9.53 Å². The summed E-state index contributed by atoms with van der Waals surface area (Å²) in [5.74, 6) is 0.701. The first kappa shape index (κ1) is 16.0. The van der Waals surface area contributed by atoms with Crippen molar-refractivity contribution in [1.82, 2.24) is 4.90 Å². The number of carbonyl (C=O) groups excluding carboxylic acids is 1. The molecule has 1 heterocycles. The summed E-state index contributed by atoms with van der Waals surface area (Å²) in [6, 6.07) is 8.84. The van der Waals surface area contributed by atoms with E-state index < -0.39 is 0 Å². The Hall–Kier alpha value is -1.35. The van der Waals surface area contributed by atoms with Gasteiger partial charge in [0.1, 0.15) is 5.75 Å². The van der Waals surface area contributed by atoms with Gasteiger partial charge in [0.25, 0.3) is 0 Å². The van der Waals surface area contributed by atoms with Crippen LogP contribution in [0.15, 0.2) is 24.3 Å². The fourth-order valence-corrected chi connectivity index (χ4v) is 3.20. The molecule has 0 N–H and O–H groups in total. The fraction of sp³-hybridized carbons (Fsp3) is 0.611. The lowest BCUT2D eigenvalue weighted by Crippen LogP contribution is -2.44. The Kier molecular flexibility index (Phi) is 6.24. The molecule has 0 saturated carbocycles. The minimum atomic E-state index is 0.635. The van der Waals surface area contributed by atoms with E-state index in [1.54, 1.807) is 6.07 Å². The summed E-state index contributed by atoms with van der Waals surface area (Å²) in [5, 5.41) is 0. The Bertz CT molecular complexity index is 437. The second kappa shape index (κ2) is 8.18. The number of ether oxygens (including phenoxy) is 1. The van der Waals surface area contributed by atoms with E-state index in [0.717, 1.165) is 25.7 Å². The summed E-state index contributed by atoms with van der Waals surface area (Å²) < 4.78 is 5.72. The first-order valence-electron chi connectivity index (χ1n) is 8.15. The molecule has 3 heteroatoms. The van der Waals surface area contributed by atoms with Gasteiger partial charge < -0.3 is 4.74 Å². The van der Waals surface area contributed by atoms with Crippen LogP contribution in [0.4, 0.5) is 0 Å². The van der Waals surface area contributed by atoms with Crippen LogP contribution >= 0.6 is 0 Å². The van der Waals surface area contributed by atoms with E-state index in [1.807, 2.05) is 18.2 Å². The second-order valence-corrected chi connectivity index (χ2v) is 6.08. The highest BCUT2D eigenvalue weighted by Crippen LogP contribution is 2.22. The lowest BCUT2D eigenvalue weighted by atomic mass is 9.97. The van der Waals surface area contributed by atoms with Crippen LogP contribution in [0.5, 0.6) is 5.75 Å². The summed E-state index contributed by atoms with van der Waals surface area (Å²) >= 11 is 0. The maximum atomic E-state index is 10.9. The maximum absolute atomic E-state index is 10.9. The normalized spacial score (nSPS) is 23.0. The van der Waals surface area contributed by atoms with Crippen LogP contribution in [0, 0.1) is 0 Å². The number of likely N-dealkylation sites (tertiary alicyclic amines) is 1. The van der Waals surface area contributed by atoms with Gasteiger partial charge in [-0.05, 0) is 58.2 Å². The monoisotopic (exact) mass is 289 g/mol. The number of unbranched alkanes of at least 4 members (excludes halogenated alkanes) is 1. The molecule has 0 unspecified atom stereocenters. The number of benzene rings is 1. The van der Waals surface area contributed by atoms with Gasteiger partial charge in [0.05, 0.1) is 12.2 Å². The van der Waals surface area contributed by atoms with Crippen LogP contribution in [-0.2, 0) is 0 Å². The molecule has 0 aromatic heterocycles. The number of carbonyl (C=O) groups is 1. The molecular formula is C18H27NO2. The van der Waals surface area contributed by atoms with Gasteiger partial charge in [-0.1, -0.05) is 18.6 Å². The molecule has 3 nitrogen and oxygen atoms in total. The van der Waals surface area contributed by atoms with Gasteiger partial charge >= 0.3 is 0 Å². The Balaban J connectivity index is 1.69. The van der Waals surface area contributed by atoms with E-state index in [0.29, 0.717) is 30.0 Å². The first-order chi connectivity index (χ1) is 10.2. The Morgan fingerprint density at radius 3 is 2.62 bits per heavy atom. The molecular weight excluding hydrogens is 262 g/mol. The predicted octanol–water partition coefficient (Wildman–Crippen LogP) is 3.92. The Morgan fingerprint density at radius 2 is 1.90 bits per heavy atom. The zero-order valence-corrected chi connectivity index (χ0v) is 13.3. The van der Waals surface area contributed by atoms with Crippen LogP contribution in [-0.4, -0.2) is 36.4 Å². The van der Waals surface area contributed by atoms with Crippen molar-refractivity contribution in [2.24, 2.45) is 0 Å². The van der Waals surface area contributed by atoms with Crippen LogP contribution in [0.1, 0.15) is 56.3 Å². The van der Waals surface area contributed by atoms with E-state index >= 15 is 0 Å². The molecule has 2 rings (SSSR count). The topological polar surface area (TPSA) is 29.5 Å². The third kappa shape index (κ3) is 4.57. The van der Waals surface area contributed by atoms with Gasteiger partial charge in [0.2, 0.25) is 0 Å². The van der Waals surface area contributed by atoms with Gasteiger partial charge in [-0.2, -0.15) is 0 Å². The third-order valence-electron chi connectivity index (χ3n) is 4.49.